The summed E-state index contributed by atoms with van der Waals surface area (Å²) in [6.45, 7) is 12.0. The molecule has 1 aromatic carbocycles. The summed E-state index contributed by atoms with van der Waals surface area (Å²) in [5, 5.41) is 8.22. The number of hydrogen-bond acceptors (Lipinski definition) is 7. The molecule has 0 aliphatic carbocycles. The number of nitrogens with zero attached hydrogens (tertiary/aromatic N) is 5. The van der Waals surface area contributed by atoms with Crippen LogP contribution in [0.5, 0.6) is 0 Å². The fourth-order valence-corrected chi connectivity index (χ4v) is 6.12. The van der Waals surface area contributed by atoms with Gasteiger partial charge in [-0.2, -0.15) is 5.10 Å². The first-order chi connectivity index (χ1) is 18.6. The number of anilines is 1. The molecule has 5 rings (SSSR count). The molecule has 0 radical (unpaired) electrons. The van der Waals surface area contributed by atoms with Gasteiger partial charge in [0, 0.05) is 58.1 Å². The number of hydrogen-bond donors (Lipinski definition) is 1. The first-order valence-electron chi connectivity index (χ1n) is 14.3. The molecule has 1 unspecified atom stereocenters. The molecule has 3 aliphatic heterocycles. The highest BCUT2D eigenvalue weighted by Gasteiger charge is 2.33. The number of amides is 3. The maximum absolute atomic E-state index is 12.5. The van der Waals surface area contributed by atoms with E-state index in [-0.39, 0.29) is 17.9 Å². The Morgan fingerprint density at radius 3 is 2.44 bits per heavy atom. The van der Waals surface area contributed by atoms with Crippen molar-refractivity contribution in [3.63, 3.8) is 0 Å². The minimum Gasteiger partial charge on any atom is -0.444 e. The number of carbonyl (C=O) groups is 3. The summed E-state index contributed by atoms with van der Waals surface area (Å²) in [7, 11) is 1.94. The minimum atomic E-state index is -0.457. The van der Waals surface area contributed by atoms with Gasteiger partial charge in [0.1, 0.15) is 5.60 Å². The first-order valence-corrected chi connectivity index (χ1v) is 14.3. The molecular weight excluding hydrogens is 496 g/mol. The third-order valence-corrected chi connectivity index (χ3v) is 8.27. The lowest BCUT2D eigenvalue weighted by Gasteiger charge is -2.37. The lowest BCUT2D eigenvalue weighted by atomic mass is 9.91. The molecule has 0 spiro atoms. The van der Waals surface area contributed by atoms with Crippen LogP contribution in [0.15, 0.2) is 18.2 Å². The second kappa shape index (κ2) is 11.2. The van der Waals surface area contributed by atoms with Gasteiger partial charge in [0.25, 0.3) is 0 Å². The Morgan fingerprint density at radius 1 is 1.05 bits per heavy atom. The maximum atomic E-state index is 12.5. The predicted molar refractivity (Wildman–Crippen MR) is 150 cm³/mol. The van der Waals surface area contributed by atoms with Gasteiger partial charge >= 0.3 is 6.09 Å². The number of rotatable bonds is 5. The van der Waals surface area contributed by atoms with Gasteiger partial charge in [-0.15, -0.1) is 0 Å². The first kappa shape index (κ1) is 27.4. The van der Waals surface area contributed by atoms with Crippen molar-refractivity contribution >= 4 is 34.5 Å². The number of nitrogens with one attached hydrogen (secondary N) is 1. The molecule has 1 atom stereocenters. The van der Waals surface area contributed by atoms with E-state index >= 15 is 0 Å². The standard InChI is InChI=1S/C29H42N6O4/c1-29(2,3)39-28(38)35-18-16-33(17-19-35)13-10-20-11-14-34(15-12-20)23-7-5-6-21-25(31-32(4)26(21)23)22-8-9-24(36)30-27(22)37/h5-7,20,22H,8-19H2,1-4H3,(H,30,36,37). The Balaban J connectivity index is 1.14. The molecule has 212 valence electrons. The van der Waals surface area contributed by atoms with Crippen LogP contribution in [0.3, 0.4) is 0 Å². The number of carbonyl (C=O) groups excluding carboxylic acids is 3. The highest BCUT2D eigenvalue weighted by molar-refractivity contribution is 6.03. The molecule has 4 heterocycles. The molecule has 0 saturated carbocycles. The van der Waals surface area contributed by atoms with Crippen LogP contribution < -0.4 is 10.2 Å². The zero-order chi connectivity index (χ0) is 27.7. The Kier molecular flexibility index (Phi) is 7.84. The van der Waals surface area contributed by atoms with Crippen molar-refractivity contribution in [3.05, 3.63) is 23.9 Å². The summed E-state index contributed by atoms with van der Waals surface area (Å²) in [5.74, 6) is -0.153. The van der Waals surface area contributed by atoms with Crippen LogP contribution in [0.2, 0.25) is 0 Å². The summed E-state index contributed by atoms with van der Waals surface area (Å²) in [4.78, 5) is 43.2. The fourth-order valence-electron chi connectivity index (χ4n) is 6.12. The summed E-state index contributed by atoms with van der Waals surface area (Å²) in [5.41, 5.74) is 2.53. The van der Waals surface area contributed by atoms with Crippen molar-refractivity contribution in [2.24, 2.45) is 13.0 Å². The quantitative estimate of drug-likeness (QED) is 0.584. The average Bonchev–Trinajstić information content (AvgIpc) is 3.23. The van der Waals surface area contributed by atoms with E-state index in [0.29, 0.717) is 18.8 Å². The van der Waals surface area contributed by atoms with Gasteiger partial charge in [0.15, 0.2) is 0 Å². The molecule has 3 aliphatic rings. The smallest absolute Gasteiger partial charge is 0.410 e. The number of aryl methyl sites for hydroxylation is 1. The zero-order valence-corrected chi connectivity index (χ0v) is 23.7. The van der Waals surface area contributed by atoms with E-state index in [0.717, 1.165) is 80.9 Å². The lowest BCUT2D eigenvalue weighted by molar-refractivity contribution is -0.134. The molecule has 0 bridgehead atoms. The van der Waals surface area contributed by atoms with Crippen molar-refractivity contribution in [1.82, 2.24) is 24.9 Å². The number of aromatic nitrogens is 2. The highest BCUT2D eigenvalue weighted by atomic mass is 16.6. The van der Waals surface area contributed by atoms with Crippen molar-refractivity contribution in [2.75, 3.05) is 50.7 Å². The monoisotopic (exact) mass is 538 g/mol. The van der Waals surface area contributed by atoms with E-state index < -0.39 is 11.5 Å². The van der Waals surface area contributed by atoms with Crippen molar-refractivity contribution in [1.29, 1.82) is 0 Å². The molecule has 3 amide bonds. The van der Waals surface area contributed by atoms with Crippen molar-refractivity contribution in [2.45, 2.75) is 64.4 Å². The molecule has 1 N–H and O–H groups in total. The number of benzene rings is 1. The largest absolute Gasteiger partial charge is 0.444 e. The second-order valence-electron chi connectivity index (χ2n) is 12.2. The summed E-state index contributed by atoms with van der Waals surface area (Å²) in [6.07, 6.45) is 4.11. The van der Waals surface area contributed by atoms with E-state index in [2.05, 4.69) is 27.2 Å². The molecule has 10 nitrogen and oxygen atoms in total. The molecule has 3 saturated heterocycles. The lowest BCUT2D eigenvalue weighted by Crippen LogP contribution is -2.50. The Bertz CT molecular complexity index is 1220. The number of piperazine rings is 1. The van der Waals surface area contributed by atoms with E-state index in [4.69, 9.17) is 9.84 Å². The average molecular weight is 539 g/mol. The highest BCUT2D eigenvalue weighted by Crippen LogP contribution is 2.36. The topological polar surface area (TPSA) is 100 Å². The maximum Gasteiger partial charge on any atom is 0.410 e. The predicted octanol–water partition coefficient (Wildman–Crippen LogP) is 3.25. The van der Waals surface area contributed by atoms with Gasteiger partial charge in [-0.05, 0) is 65.0 Å². The third kappa shape index (κ3) is 6.21. The SMILES string of the molecule is Cn1nc(C2CCC(=O)NC2=O)c2cccc(N3CCC(CCN4CCN(C(=O)OC(C)(C)C)CC4)CC3)c21. The van der Waals surface area contributed by atoms with Crippen LogP contribution >= 0.6 is 0 Å². The van der Waals surface area contributed by atoms with Gasteiger partial charge in [-0.25, -0.2) is 4.79 Å². The third-order valence-electron chi connectivity index (χ3n) is 8.27. The number of fused-ring (bicyclic) bond motifs is 1. The Labute approximate surface area is 230 Å². The summed E-state index contributed by atoms with van der Waals surface area (Å²) < 4.78 is 7.41. The van der Waals surface area contributed by atoms with Crippen LogP contribution in [0.25, 0.3) is 10.9 Å². The fraction of sp³-hybridized carbons (Fsp3) is 0.655. The van der Waals surface area contributed by atoms with Crippen LogP contribution in [-0.2, 0) is 21.4 Å². The molecule has 1 aromatic heterocycles. The van der Waals surface area contributed by atoms with Gasteiger partial charge in [0.2, 0.25) is 11.8 Å². The zero-order valence-electron chi connectivity index (χ0n) is 23.7. The van der Waals surface area contributed by atoms with Crippen LogP contribution in [0, 0.1) is 5.92 Å². The molecular formula is C29H42N6O4. The van der Waals surface area contributed by atoms with Crippen LogP contribution in [-0.4, -0.2) is 88.9 Å². The van der Waals surface area contributed by atoms with Gasteiger partial charge in [0.05, 0.1) is 22.8 Å². The summed E-state index contributed by atoms with van der Waals surface area (Å²) >= 11 is 0. The van der Waals surface area contributed by atoms with E-state index in [1.165, 1.54) is 6.42 Å². The molecule has 39 heavy (non-hydrogen) atoms. The number of ether oxygens (including phenoxy) is 1. The van der Waals surface area contributed by atoms with Crippen LogP contribution in [0.4, 0.5) is 10.5 Å². The molecule has 3 fully saturated rings. The number of imide groups is 1. The van der Waals surface area contributed by atoms with Gasteiger partial charge in [-0.1, -0.05) is 12.1 Å². The molecule has 10 heteroatoms. The van der Waals surface area contributed by atoms with Crippen molar-refractivity contribution < 1.29 is 19.1 Å². The number of piperidine rings is 2. The van der Waals surface area contributed by atoms with Gasteiger partial charge < -0.3 is 14.5 Å². The minimum absolute atomic E-state index is 0.205. The normalized spacial score (nSPS) is 21.9. The Morgan fingerprint density at radius 2 is 1.77 bits per heavy atom. The second-order valence-corrected chi connectivity index (χ2v) is 12.2. The summed E-state index contributed by atoms with van der Waals surface area (Å²) in [6, 6.07) is 6.25. The van der Waals surface area contributed by atoms with Crippen molar-refractivity contribution in [3.8, 4) is 0 Å². The van der Waals surface area contributed by atoms with E-state index in [1.54, 1.807) is 0 Å². The van der Waals surface area contributed by atoms with E-state index in [9.17, 15) is 14.4 Å². The van der Waals surface area contributed by atoms with Crippen LogP contribution in [0.1, 0.15) is 64.5 Å². The van der Waals surface area contributed by atoms with Gasteiger partial charge in [-0.3, -0.25) is 24.5 Å². The van der Waals surface area contributed by atoms with E-state index in [1.807, 2.05) is 43.5 Å². The molecule has 2 aromatic rings. The number of para-hydroxylation sites is 1. The Hall–Kier alpha value is -3.14.